The van der Waals surface area contributed by atoms with Crippen LogP contribution in [-0.2, 0) is 9.53 Å². The van der Waals surface area contributed by atoms with Crippen molar-refractivity contribution < 1.29 is 9.53 Å². The van der Waals surface area contributed by atoms with Gasteiger partial charge in [-0.05, 0) is 54.5 Å². The lowest BCUT2D eigenvalue weighted by Gasteiger charge is -2.28. The van der Waals surface area contributed by atoms with Crippen molar-refractivity contribution in [2.24, 2.45) is 0 Å². The van der Waals surface area contributed by atoms with Crippen LogP contribution in [0.2, 0.25) is 0 Å². The second kappa shape index (κ2) is 8.88. The van der Waals surface area contributed by atoms with Crippen molar-refractivity contribution >= 4 is 28.4 Å². The standard InChI is InChI=1S/C26H25N5O2/c1-3-23(32)29-21-15-18(7-6-17(21)2)24-20-5-4-9-28-26(20)30-25(24)19-8-10-27-22(16-19)31-11-13-33-14-12-31/h3-10,15-16H,1,11-14H2,2H3,(H,28,30)(H,29,32). The topological polar surface area (TPSA) is 83.1 Å². The van der Waals surface area contributed by atoms with Crippen LogP contribution < -0.4 is 10.2 Å². The van der Waals surface area contributed by atoms with Crippen molar-refractivity contribution in [3.63, 3.8) is 0 Å². The van der Waals surface area contributed by atoms with E-state index in [4.69, 9.17) is 4.74 Å². The largest absolute Gasteiger partial charge is 0.378 e. The molecule has 1 saturated heterocycles. The molecule has 4 aromatic rings. The second-order valence-electron chi connectivity index (χ2n) is 8.00. The van der Waals surface area contributed by atoms with Crippen LogP contribution in [0.3, 0.4) is 0 Å². The predicted molar refractivity (Wildman–Crippen MR) is 131 cm³/mol. The van der Waals surface area contributed by atoms with Crippen LogP contribution >= 0.6 is 0 Å². The molecule has 1 amide bonds. The Morgan fingerprint density at radius 2 is 1.97 bits per heavy atom. The third kappa shape index (κ3) is 4.10. The van der Waals surface area contributed by atoms with Crippen molar-refractivity contribution in [3.8, 4) is 22.4 Å². The third-order valence-corrected chi connectivity index (χ3v) is 5.91. The molecule has 7 heteroatoms. The summed E-state index contributed by atoms with van der Waals surface area (Å²) in [5.41, 5.74) is 6.55. The number of ether oxygens (including phenoxy) is 1. The Labute approximate surface area is 192 Å². The molecule has 1 aliphatic rings. The first-order valence-corrected chi connectivity index (χ1v) is 10.9. The maximum absolute atomic E-state index is 12.0. The number of nitrogens with zero attached hydrogens (tertiary/aromatic N) is 3. The van der Waals surface area contributed by atoms with Crippen LogP contribution in [-0.4, -0.2) is 47.2 Å². The highest BCUT2D eigenvalue weighted by Gasteiger charge is 2.19. The number of nitrogens with one attached hydrogen (secondary N) is 2. The number of H-pyrrole nitrogens is 1. The summed E-state index contributed by atoms with van der Waals surface area (Å²) < 4.78 is 5.49. The van der Waals surface area contributed by atoms with Gasteiger partial charge in [0.25, 0.3) is 0 Å². The molecule has 0 aliphatic carbocycles. The fraction of sp³-hybridized carbons (Fsp3) is 0.192. The number of hydrogen-bond donors (Lipinski definition) is 2. The molecule has 7 nitrogen and oxygen atoms in total. The normalized spacial score (nSPS) is 13.8. The number of carbonyl (C=O) groups is 1. The predicted octanol–water partition coefficient (Wildman–Crippen LogP) is 4.56. The highest BCUT2D eigenvalue weighted by molar-refractivity contribution is 6.04. The molecule has 4 heterocycles. The van der Waals surface area contributed by atoms with Gasteiger partial charge in [-0.15, -0.1) is 0 Å². The van der Waals surface area contributed by atoms with Crippen molar-refractivity contribution in [2.75, 3.05) is 36.5 Å². The van der Waals surface area contributed by atoms with Gasteiger partial charge in [0.05, 0.1) is 18.9 Å². The molecule has 2 N–H and O–H groups in total. The molecule has 33 heavy (non-hydrogen) atoms. The molecule has 1 fully saturated rings. The summed E-state index contributed by atoms with van der Waals surface area (Å²) in [6.45, 7) is 8.58. The Balaban J connectivity index is 1.65. The first-order chi connectivity index (χ1) is 16.1. The molecule has 0 bridgehead atoms. The number of carbonyl (C=O) groups excluding carboxylic acids is 1. The summed E-state index contributed by atoms with van der Waals surface area (Å²) in [6, 6.07) is 14.2. The number of hydrogen-bond acceptors (Lipinski definition) is 5. The molecule has 0 unspecified atom stereocenters. The number of fused-ring (bicyclic) bond motifs is 1. The molecule has 0 atom stereocenters. The van der Waals surface area contributed by atoms with E-state index in [1.165, 1.54) is 6.08 Å². The summed E-state index contributed by atoms with van der Waals surface area (Å²) in [4.78, 5) is 26.8. The van der Waals surface area contributed by atoms with Gasteiger partial charge in [0.15, 0.2) is 0 Å². The molecule has 0 spiro atoms. The minimum Gasteiger partial charge on any atom is -0.378 e. The van der Waals surface area contributed by atoms with E-state index in [0.29, 0.717) is 13.2 Å². The number of anilines is 2. The smallest absolute Gasteiger partial charge is 0.247 e. The second-order valence-corrected chi connectivity index (χ2v) is 8.00. The Hall–Kier alpha value is -3.97. The van der Waals surface area contributed by atoms with Gasteiger partial charge in [-0.25, -0.2) is 9.97 Å². The first kappa shape index (κ1) is 20.9. The van der Waals surface area contributed by atoms with E-state index < -0.39 is 0 Å². The van der Waals surface area contributed by atoms with Crippen LogP contribution in [0.4, 0.5) is 11.5 Å². The number of aromatic nitrogens is 3. The molecule has 1 aliphatic heterocycles. The molecule has 166 valence electrons. The zero-order valence-corrected chi connectivity index (χ0v) is 18.5. The monoisotopic (exact) mass is 439 g/mol. The van der Waals surface area contributed by atoms with E-state index >= 15 is 0 Å². The summed E-state index contributed by atoms with van der Waals surface area (Å²) in [5.74, 6) is 0.691. The van der Waals surface area contributed by atoms with Crippen molar-refractivity contribution in [3.05, 3.63) is 73.1 Å². The minimum atomic E-state index is -0.236. The molecule has 0 radical (unpaired) electrons. The molecular weight excluding hydrogens is 414 g/mol. The molecule has 3 aromatic heterocycles. The lowest BCUT2D eigenvalue weighted by molar-refractivity contribution is -0.111. The SMILES string of the molecule is C=CC(=O)Nc1cc(-c2c(-c3ccnc(N4CCOCC4)c3)[nH]c3ncccc23)ccc1C. The third-order valence-electron chi connectivity index (χ3n) is 5.91. The average molecular weight is 440 g/mol. The van der Waals surface area contributed by atoms with Crippen molar-refractivity contribution in [1.82, 2.24) is 15.0 Å². The van der Waals surface area contributed by atoms with E-state index in [1.807, 2.05) is 37.4 Å². The zero-order chi connectivity index (χ0) is 22.8. The number of amides is 1. The van der Waals surface area contributed by atoms with Crippen molar-refractivity contribution in [2.45, 2.75) is 6.92 Å². The Kier molecular flexibility index (Phi) is 5.62. The summed E-state index contributed by atoms with van der Waals surface area (Å²) in [7, 11) is 0. The van der Waals surface area contributed by atoms with Gasteiger partial charge < -0.3 is 19.9 Å². The maximum Gasteiger partial charge on any atom is 0.247 e. The fourth-order valence-electron chi connectivity index (χ4n) is 4.17. The first-order valence-electron chi connectivity index (χ1n) is 10.9. The molecule has 5 rings (SSSR count). The van der Waals surface area contributed by atoms with Gasteiger partial charge in [0.2, 0.25) is 5.91 Å². The van der Waals surface area contributed by atoms with Crippen LogP contribution in [0.1, 0.15) is 5.56 Å². The summed E-state index contributed by atoms with van der Waals surface area (Å²) in [6.07, 6.45) is 4.90. The highest BCUT2D eigenvalue weighted by Crippen LogP contribution is 2.39. The number of morpholine rings is 1. The number of aromatic amines is 1. The average Bonchev–Trinajstić information content (AvgIpc) is 3.25. The van der Waals surface area contributed by atoms with Gasteiger partial charge in [0, 0.05) is 47.7 Å². The van der Waals surface area contributed by atoms with Gasteiger partial charge in [-0.3, -0.25) is 4.79 Å². The van der Waals surface area contributed by atoms with E-state index in [0.717, 1.165) is 63.6 Å². The quantitative estimate of drug-likeness (QED) is 0.446. The lowest BCUT2D eigenvalue weighted by Crippen LogP contribution is -2.36. The van der Waals surface area contributed by atoms with Crippen molar-refractivity contribution in [1.29, 1.82) is 0 Å². The highest BCUT2D eigenvalue weighted by atomic mass is 16.5. The number of rotatable bonds is 5. The zero-order valence-electron chi connectivity index (χ0n) is 18.5. The van der Waals surface area contributed by atoms with E-state index in [-0.39, 0.29) is 5.91 Å². The van der Waals surface area contributed by atoms with Crippen LogP contribution in [0, 0.1) is 6.92 Å². The maximum atomic E-state index is 12.0. The number of pyridine rings is 2. The summed E-state index contributed by atoms with van der Waals surface area (Å²) >= 11 is 0. The van der Waals surface area contributed by atoms with E-state index in [9.17, 15) is 4.79 Å². The van der Waals surface area contributed by atoms with E-state index in [2.05, 4.69) is 49.9 Å². The Bertz CT molecular complexity index is 1340. The fourth-order valence-corrected chi connectivity index (χ4v) is 4.17. The Morgan fingerprint density at radius 1 is 1.12 bits per heavy atom. The van der Waals surface area contributed by atoms with Gasteiger partial charge >= 0.3 is 0 Å². The molecular formula is C26H25N5O2. The van der Waals surface area contributed by atoms with Gasteiger partial charge in [-0.1, -0.05) is 18.7 Å². The number of aryl methyl sites for hydroxylation is 1. The van der Waals surface area contributed by atoms with Crippen LogP contribution in [0.15, 0.2) is 67.5 Å². The number of benzene rings is 1. The minimum absolute atomic E-state index is 0.236. The van der Waals surface area contributed by atoms with Crippen LogP contribution in [0.5, 0.6) is 0 Å². The lowest BCUT2D eigenvalue weighted by atomic mass is 9.97. The Morgan fingerprint density at radius 3 is 2.79 bits per heavy atom. The van der Waals surface area contributed by atoms with Gasteiger partial charge in [0.1, 0.15) is 11.5 Å². The molecule has 1 aromatic carbocycles. The van der Waals surface area contributed by atoms with E-state index in [1.54, 1.807) is 6.20 Å². The van der Waals surface area contributed by atoms with Crippen LogP contribution in [0.25, 0.3) is 33.4 Å². The summed E-state index contributed by atoms with van der Waals surface area (Å²) in [5, 5.41) is 3.93. The van der Waals surface area contributed by atoms with Gasteiger partial charge in [-0.2, -0.15) is 0 Å². The molecule has 0 saturated carbocycles.